The summed E-state index contributed by atoms with van der Waals surface area (Å²) in [7, 11) is 0. The van der Waals surface area contributed by atoms with Crippen molar-refractivity contribution in [3.05, 3.63) is 39.4 Å². The fourth-order valence-electron chi connectivity index (χ4n) is 3.53. The molecule has 3 rings (SSSR count). The number of halogens is 1. The normalized spacial score (nSPS) is 19.9. The van der Waals surface area contributed by atoms with Gasteiger partial charge in [0.15, 0.2) is 0 Å². The first-order valence-corrected chi connectivity index (χ1v) is 10.4. The van der Waals surface area contributed by atoms with Crippen LogP contribution in [0.1, 0.15) is 39.0 Å². The van der Waals surface area contributed by atoms with Gasteiger partial charge in [-0.15, -0.1) is 0 Å². The number of hydrogen-bond acceptors (Lipinski definition) is 4. The predicted molar refractivity (Wildman–Crippen MR) is 109 cm³/mol. The Morgan fingerprint density at radius 3 is 3.00 bits per heavy atom. The zero-order chi connectivity index (χ0) is 19.2. The average Bonchev–Trinajstić information content (AvgIpc) is 2.66. The van der Waals surface area contributed by atoms with Crippen molar-refractivity contribution in [3.63, 3.8) is 0 Å². The largest absolute Gasteiger partial charge is 0.376 e. The number of ether oxygens (including phenoxy) is 1. The predicted octanol–water partition coefficient (Wildman–Crippen LogP) is 3.26. The lowest BCUT2D eigenvalue weighted by Crippen LogP contribution is -2.32. The number of nitrogens with one attached hydrogen (secondary N) is 1. The molecule has 0 radical (unpaired) electrons. The van der Waals surface area contributed by atoms with E-state index in [1.807, 2.05) is 6.07 Å². The molecule has 1 fully saturated rings. The molecule has 1 saturated carbocycles. The van der Waals surface area contributed by atoms with Crippen molar-refractivity contribution in [2.45, 2.75) is 51.7 Å². The second-order valence-electron chi connectivity index (χ2n) is 7.18. The molecule has 7 heteroatoms. The van der Waals surface area contributed by atoms with Crippen LogP contribution in [0.25, 0.3) is 10.9 Å². The van der Waals surface area contributed by atoms with Crippen LogP contribution in [-0.2, 0) is 16.1 Å². The summed E-state index contributed by atoms with van der Waals surface area (Å²) in [5, 5.41) is 3.41. The van der Waals surface area contributed by atoms with Crippen molar-refractivity contribution in [2.75, 3.05) is 13.2 Å². The minimum absolute atomic E-state index is 0.0865. The second kappa shape index (κ2) is 9.46. The van der Waals surface area contributed by atoms with Gasteiger partial charge in [-0.05, 0) is 37.0 Å². The first-order chi connectivity index (χ1) is 13.0. The number of rotatable bonds is 7. The summed E-state index contributed by atoms with van der Waals surface area (Å²) in [5.41, 5.74) is 0.515. The van der Waals surface area contributed by atoms with Crippen molar-refractivity contribution < 1.29 is 9.53 Å². The molecule has 1 aromatic heterocycles. The molecule has 6 nitrogen and oxygen atoms in total. The SMILES string of the molecule is CC1CCCCC1OCCNC(=O)CCn1cnc2ccc(Br)cc2c1=O. The smallest absolute Gasteiger partial charge is 0.261 e. The maximum Gasteiger partial charge on any atom is 0.261 e. The summed E-state index contributed by atoms with van der Waals surface area (Å²) < 4.78 is 8.21. The van der Waals surface area contributed by atoms with Gasteiger partial charge in [0.2, 0.25) is 5.91 Å². The first-order valence-electron chi connectivity index (χ1n) is 9.57. The van der Waals surface area contributed by atoms with Crippen molar-refractivity contribution in [1.29, 1.82) is 0 Å². The highest BCUT2D eigenvalue weighted by atomic mass is 79.9. The van der Waals surface area contributed by atoms with E-state index in [9.17, 15) is 9.59 Å². The lowest BCUT2D eigenvalue weighted by molar-refractivity contribution is -0.121. The Hall–Kier alpha value is -1.73. The van der Waals surface area contributed by atoms with E-state index in [0.29, 0.717) is 42.6 Å². The van der Waals surface area contributed by atoms with Gasteiger partial charge in [0.25, 0.3) is 5.56 Å². The maximum absolute atomic E-state index is 12.5. The quantitative estimate of drug-likeness (QED) is 0.677. The number of carbonyl (C=O) groups excluding carboxylic acids is 1. The third kappa shape index (κ3) is 5.39. The molecule has 0 aliphatic heterocycles. The van der Waals surface area contributed by atoms with Crippen LogP contribution in [0.5, 0.6) is 0 Å². The molecule has 0 bridgehead atoms. The van der Waals surface area contributed by atoms with Gasteiger partial charge >= 0.3 is 0 Å². The molecule has 2 atom stereocenters. The maximum atomic E-state index is 12.5. The van der Waals surface area contributed by atoms with E-state index in [1.54, 1.807) is 12.1 Å². The van der Waals surface area contributed by atoms with Crippen LogP contribution >= 0.6 is 15.9 Å². The second-order valence-corrected chi connectivity index (χ2v) is 8.09. The van der Waals surface area contributed by atoms with Crippen LogP contribution in [0.2, 0.25) is 0 Å². The highest BCUT2D eigenvalue weighted by Gasteiger charge is 2.21. The highest BCUT2D eigenvalue weighted by Crippen LogP contribution is 2.25. The number of aromatic nitrogens is 2. The molecular formula is C20H26BrN3O3. The van der Waals surface area contributed by atoms with Gasteiger partial charge in [-0.3, -0.25) is 14.2 Å². The van der Waals surface area contributed by atoms with Gasteiger partial charge in [-0.25, -0.2) is 4.98 Å². The number of benzene rings is 1. The Labute approximate surface area is 167 Å². The van der Waals surface area contributed by atoms with Gasteiger partial charge in [0, 0.05) is 24.0 Å². The molecule has 2 unspecified atom stereocenters. The van der Waals surface area contributed by atoms with Crippen LogP contribution < -0.4 is 10.9 Å². The van der Waals surface area contributed by atoms with Gasteiger partial charge < -0.3 is 10.1 Å². The van der Waals surface area contributed by atoms with Gasteiger partial charge in [0.1, 0.15) is 0 Å². The van der Waals surface area contributed by atoms with Crippen LogP contribution in [0.3, 0.4) is 0 Å². The van der Waals surface area contributed by atoms with Crippen LogP contribution in [0.15, 0.2) is 33.8 Å². The van der Waals surface area contributed by atoms with Crippen molar-refractivity contribution in [3.8, 4) is 0 Å². The third-order valence-electron chi connectivity index (χ3n) is 5.15. The standard InChI is InChI=1S/C20H26BrN3O3/c1-14-4-2-3-5-18(14)27-11-9-22-19(25)8-10-24-13-23-17-7-6-15(21)12-16(17)20(24)26/h6-7,12-14,18H,2-5,8-11H2,1H3,(H,22,25). The number of fused-ring (bicyclic) bond motifs is 1. The molecule has 1 aromatic carbocycles. The zero-order valence-electron chi connectivity index (χ0n) is 15.6. The molecule has 1 aliphatic rings. The van der Waals surface area contributed by atoms with E-state index >= 15 is 0 Å². The Morgan fingerprint density at radius 2 is 2.19 bits per heavy atom. The summed E-state index contributed by atoms with van der Waals surface area (Å²) in [5.74, 6) is 0.512. The molecule has 27 heavy (non-hydrogen) atoms. The summed E-state index contributed by atoms with van der Waals surface area (Å²) in [6.45, 7) is 3.57. The van der Waals surface area contributed by atoms with E-state index in [4.69, 9.17) is 4.74 Å². The monoisotopic (exact) mass is 435 g/mol. The number of nitrogens with zero attached hydrogens (tertiary/aromatic N) is 2. The number of aryl methyl sites for hydroxylation is 1. The van der Waals surface area contributed by atoms with E-state index in [1.165, 1.54) is 30.2 Å². The molecule has 1 heterocycles. The molecule has 0 saturated heterocycles. The van der Waals surface area contributed by atoms with Crippen LogP contribution in [0, 0.1) is 5.92 Å². The number of hydrogen-bond donors (Lipinski definition) is 1. The summed E-state index contributed by atoms with van der Waals surface area (Å²) in [6, 6.07) is 5.40. The van der Waals surface area contributed by atoms with Crippen molar-refractivity contribution in [1.82, 2.24) is 14.9 Å². The zero-order valence-corrected chi connectivity index (χ0v) is 17.2. The summed E-state index contributed by atoms with van der Waals surface area (Å²) in [4.78, 5) is 28.8. The number of carbonyl (C=O) groups is 1. The van der Waals surface area contributed by atoms with E-state index in [2.05, 4.69) is 33.2 Å². The lowest BCUT2D eigenvalue weighted by Gasteiger charge is -2.28. The molecule has 0 spiro atoms. The van der Waals surface area contributed by atoms with Gasteiger partial charge in [-0.1, -0.05) is 35.7 Å². The average molecular weight is 436 g/mol. The first kappa shape index (κ1) is 20.0. The summed E-state index contributed by atoms with van der Waals surface area (Å²) in [6.07, 6.45) is 6.91. The third-order valence-corrected chi connectivity index (χ3v) is 5.65. The minimum Gasteiger partial charge on any atom is -0.376 e. The van der Waals surface area contributed by atoms with Crippen LogP contribution in [-0.4, -0.2) is 34.7 Å². The molecule has 146 valence electrons. The van der Waals surface area contributed by atoms with Crippen LogP contribution in [0.4, 0.5) is 0 Å². The van der Waals surface area contributed by atoms with E-state index in [-0.39, 0.29) is 17.9 Å². The minimum atomic E-state index is -0.135. The molecule has 2 aromatic rings. The van der Waals surface area contributed by atoms with Gasteiger partial charge in [-0.2, -0.15) is 0 Å². The molecule has 1 amide bonds. The molecule has 1 N–H and O–H groups in total. The fraction of sp³-hybridized carbons (Fsp3) is 0.550. The van der Waals surface area contributed by atoms with Crippen molar-refractivity contribution >= 4 is 32.7 Å². The topological polar surface area (TPSA) is 73.2 Å². The van der Waals surface area contributed by atoms with Gasteiger partial charge in [0.05, 0.1) is 29.9 Å². The number of amides is 1. The lowest BCUT2D eigenvalue weighted by atomic mass is 9.88. The Morgan fingerprint density at radius 1 is 1.37 bits per heavy atom. The van der Waals surface area contributed by atoms with Crippen molar-refractivity contribution in [2.24, 2.45) is 5.92 Å². The summed E-state index contributed by atoms with van der Waals surface area (Å²) >= 11 is 3.37. The van der Waals surface area contributed by atoms with E-state index < -0.39 is 0 Å². The molecule has 1 aliphatic carbocycles. The molecular weight excluding hydrogens is 410 g/mol. The Kier molecular flexibility index (Phi) is 7.01. The Bertz CT molecular complexity index is 852. The Balaban J connectivity index is 1.44. The fourth-order valence-corrected chi connectivity index (χ4v) is 3.89. The highest BCUT2D eigenvalue weighted by molar-refractivity contribution is 9.10. The van der Waals surface area contributed by atoms with E-state index in [0.717, 1.165) is 10.9 Å².